The molecule has 0 atom stereocenters. The predicted molar refractivity (Wildman–Crippen MR) is 93.9 cm³/mol. The van der Waals surface area contributed by atoms with E-state index in [2.05, 4.69) is 10.3 Å². The molecule has 0 bridgehead atoms. The predicted octanol–water partition coefficient (Wildman–Crippen LogP) is 1.02. The number of nitrogens with one attached hydrogen (secondary N) is 1. The fraction of sp³-hybridized carbons (Fsp3) is 0.353. The second-order valence-electron chi connectivity index (χ2n) is 6.26. The summed E-state index contributed by atoms with van der Waals surface area (Å²) in [5, 5.41) is 3.13. The van der Waals surface area contributed by atoms with Crippen LogP contribution in [0.5, 0.6) is 0 Å². The molecular weight excluding hydrogens is 372 g/mol. The van der Waals surface area contributed by atoms with Gasteiger partial charge < -0.3 is 9.32 Å². The summed E-state index contributed by atoms with van der Waals surface area (Å²) in [6.45, 7) is 0.587. The van der Waals surface area contributed by atoms with Crippen LogP contribution in [0.15, 0.2) is 22.8 Å². The standard InChI is InChI=1S/C17H16N4O5S/c22-13-3-4-14(23)21(13)9-15(24)20-6-5-10-12(8-20)27-17(18-10)19-16(25)11-2-1-7-26-11/h1-2,7H,3-6,8-9H2,(H,18,19,25). The minimum atomic E-state index is -0.384. The molecule has 0 saturated carbocycles. The number of fused-ring (bicyclic) bond motifs is 1. The van der Waals surface area contributed by atoms with Crippen LogP contribution in [0.2, 0.25) is 0 Å². The van der Waals surface area contributed by atoms with Crippen molar-refractivity contribution in [2.24, 2.45) is 0 Å². The van der Waals surface area contributed by atoms with Crippen molar-refractivity contribution in [1.29, 1.82) is 0 Å². The molecule has 0 aromatic carbocycles. The Bertz CT molecular complexity index is 904. The average Bonchev–Trinajstić information content (AvgIpc) is 3.37. The molecule has 0 unspecified atom stereocenters. The normalized spacial score (nSPS) is 16.6. The first-order valence-electron chi connectivity index (χ1n) is 8.45. The lowest BCUT2D eigenvalue weighted by atomic mass is 10.2. The lowest BCUT2D eigenvalue weighted by Gasteiger charge is -2.27. The van der Waals surface area contributed by atoms with E-state index >= 15 is 0 Å². The average molecular weight is 388 g/mol. The van der Waals surface area contributed by atoms with Crippen molar-refractivity contribution in [2.75, 3.05) is 18.4 Å². The zero-order valence-electron chi connectivity index (χ0n) is 14.3. The maximum Gasteiger partial charge on any atom is 0.293 e. The summed E-state index contributed by atoms with van der Waals surface area (Å²) in [7, 11) is 0. The van der Waals surface area contributed by atoms with Crippen molar-refractivity contribution in [1.82, 2.24) is 14.8 Å². The van der Waals surface area contributed by atoms with Gasteiger partial charge in [-0.2, -0.15) is 0 Å². The molecule has 4 heterocycles. The van der Waals surface area contributed by atoms with Gasteiger partial charge in [-0.05, 0) is 12.1 Å². The number of hydrogen-bond donors (Lipinski definition) is 1. The largest absolute Gasteiger partial charge is 0.459 e. The van der Waals surface area contributed by atoms with E-state index in [4.69, 9.17) is 4.42 Å². The lowest BCUT2D eigenvalue weighted by Crippen LogP contribution is -2.44. The van der Waals surface area contributed by atoms with Gasteiger partial charge >= 0.3 is 0 Å². The maximum absolute atomic E-state index is 12.5. The summed E-state index contributed by atoms with van der Waals surface area (Å²) in [6.07, 6.45) is 2.31. The van der Waals surface area contributed by atoms with Crippen molar-refractivity contribution in [2.45, 2.75) is 25.8 Å². The molecule has 1 saturated heterocycles. The van der Waals surface area contributed by atoms with Gasteiger partial charge in [0.15, 0.2) is 10.9 Å². The molecule has 2 aromatic heterocycles. The Morgan fingerprint density at radius 2 is 2.00 bits per heavy atom. The molecule has 2 aliphatic rings. The monoisotopic (exact) mass is 388 g/mol. The summed E-state index contributed by atoms with van der Waals surface area (Å²) in [6, 6.07) is 3.19. The molecule has 9 nitrogen and oxygen atoms in total. The Kier molecular flexibility index (Phi) is 4.48. The van der Waals surface area contributed by atoms with Crippen LogP contribution < -0.4 is 5.32 Å². The van der Waals surface area contributed by atoms with Crippen molar-refractivity contribution >= 4 is 40.1 Å². The summed E-state index contributed by atoms with van der Waals surface area (Å²) >= 11 is 1.30. The summed E-state index contributed by atoms with van der Waals surface area (Å²) in [5.41, 5.74) is 0.840. The van der Waals surface area contributed by atoms with E-state index in [-0.39, 0.29) is 48.8 Å². The van der Waals surface area contributed by atoms with Crippen LogP contribution in [0, 0.1) is 0 Å². The molecule has 1 fully saturated rings. The van der Waals surface area contributed by atoms with E-state index in [0.717, 1.165) is 15.5 Å². The van der Waals surface area contributed by atoms with Crippen molar-refractivity contribution < 1.29 is 23.6 Å². The second-order valence-corrected chi connectivity index (χ2v) is 7.34. The molecule has 0 spiro atoms. The fourth-order valence-corrected chi connectivity index (χ4v) is 4.08. The Morgan fingerprint density at radius 1 is 1.22 bits per heavy atom. The van der Waals surface area contributed by atoms with Gasteiger partial charge in [-0.15, -0.1) is 0 Å². The van der Waals surface area contributed by atoms with Crippen LogP contribution in [-0.2, 0) is 27.3 Å². The van der Waals surface area contributed by atoms with Gasteiger partial charge in [0.2, 0.25) is 17.7 Å². The van der Waals surface area contributed by atoms with E-state index in [1.165, 1.54) is 17.6 Å². The Balaban J connectivity index is 1.40. The van der Waals surface area contributed by atoms with Gasteiger partial charge in [0.25, 0.3) is 5.91 Å². The number of carbonyl (C=O) groups excluding carboxylic acids is 4. The Morgan fingerprint density at radius 3 is 2.70 bits per heavy atom. The third-order valence-electron chi connectivity index (χ3n) is 4.50. The first kappa shape index (κ1) is 17.4. The smallest absolute Gasteiger partial charge is 0.293 e. The highest BCUT2D eigenvalue weighted by Gasteiger charge is 2.33. The minimum absolute atomic E-state index is 0.170. The third-order valence-corrected chi connectivity index (χ3v) is 5.50. The van der Waals surface area contributed by atoms with E-state index in [0.29, 0.717) is 24.6 Å². The number of imide groups is 1. The van der Waals surface area contributed by atoms with Gasteiger partial charge in [-0.1, -0.05) is 11.3 Å². The van der Waals surface area contributed by atoms with Gasteiger partial charge in [0.1, 0.15) is 6.54 Å². The molecular formula is C17H16N4O5S. The first-order chi connectivity index (χ1) is 13.0. The molecule has 2 aliphatic heterocycles. The summed E-state index contributed by atoms with van der Waals surface area (Å²) in [4.78, 5) is 55.8. The van der Waals surface area contributed by atoms with Gasteiger partial charge in [-0.3, -0.25) is 29.4 Å². The number of rotatable bonds is 4. The number of anilines is 1. The van der Waals surface area contributed by atoms with E-state index < -0.39 is 0 Å². The minimum Gasteiger partial charge on any atom is -0.459 e. The van der Waals surface area contributed by atoms with Crippen LogP contribution in [-0.4, -0.2) is 51.5 Å². The van der Waals surface area contributed by atoms with Crippen molar-refractivity contribution in [3.8, 4) is 0 Å². The summed E-state index contributed by atoms with van der Waals surface area (Å²) in [5.74, 6) is -1.05. The Labute approximate surface area is 157 Å². The van der Waals surface area contributed by atoms with Gasteiger partial charge in [0, 0.05) is 30.7 Å². The highest BCUT2D eigenvalue weighted by atomic mass is 32.1. The SMILES string of the molecule is O=C(Nc1nc2c(s1)CN(C(=O)CN1C(=O)CCC1=O)CC2)c1ccco1. The molecule has 10 heteroatoms. The van der Waals surface area contributed by atoms with Gasteiger partial charge in [0.05, 0.1) is 18.5 Å². The van der Waals surface area contributed by atoms with E-state index in [9.17, 15) is 19.2 Å². The first-order valence-corrected chi connectivity index (χ1v) is 9.27. The van der Waals surface area contributed by atoms with Crippen LogP contribution in [0.1, 0.15) is 34.0 Å². The number of carbonyl (C=O) groups is 4. The van der Waals surface area contributed by atoms with Crippen LogP contribution in [0.4, 0.5) is 5.13 Å². The number of nitrogens with zero attached hydrogens (tertiary/aromatic N) is 3. The van der Waals surface area contributed by atoms with Crippen LogP contribution >= 0.6 is 11.3 Å². The quantitative estimate of drug-likeness (QED) is 0.783. The number of likely N-dealkylation sites (tertiary alicyclic amines) is 1. The number of hydrogen-bond acceptors (Lipinski definition) is 7. The van der Waals surface area contributed by atoms with Gasteiger partial charge in [-0.25, -0.2) is 4.98 Å². The highest BCUT2D eigenvalue weighted by molar-refractivity contribution is 7.15. The maximum atomic E-state index is 12.5. The second kappa shape index (κ2) is 6.95. The third kappa shape index (κ3) is 3.47. The molecule has 4 amide bonds. The molecule has 0 aliphatic carbocycles. The zero-order chi connectivity index (χ0) is 19.0. The topological polar surface area (TPSA) is 113 Å². The molecule has 2 aromatic rings. The van der Waals surface area contributed by atoms with E-state index in [1.807, 2.05) is 0 Å². The van der Waals surface area contributed by atoms with Crippen LogP contribution in [0.3, 0.4) is 0 Å². The highest BCUT2D eigenvalue weighted by Crippen LogP contribution is 2.29. The fourth-order valence-electron chi connectivity index (χ4n) is 3.06. The molecule has 140 valence electrons. The molecule has 27 heavy (non-hydrogen) atoms. The Hall–Kier alpha value is -3.01. The van der Waals surface area contributed by atoms with E-state index in [1.54, 1.807) is 17.0 Å². The number of thiazole rings is 1. The summed E-state index contributed by atoms with van der Waals surface area (Å²) < 4.78 is 5.05. The van der Waals surface area contributed by atoms with Crippen molar-refractivity contribution in [3.63, 3.8) is 0 Å². The zero-order valence-corrected chi connectivity index (χ0v) is 15.1. The molecule has 4 rings (SSSR count). The number of aromatic nitrogens is 1. The van der Waals surface area contributed by atoms with Crippen LogP contribution in [0.25, 0.3) is 0 Å². The van der Waals surface area contributed by atoms with Crippen molar-refractivity contribution in [3.05, 3.63) is 34.7 Å². The molecule has 1 N–H and O–H groups in total. The number of amides is 4. The molecule has 0 radical (unpaired) electrons. The number of furan rings is 1. The lowest BCUT2D eigenvalue weighted by molar-refractivity contribution is -0.145.